The molecule has 0 N–H and O–H groups in total. The van der Waals surface area contributed by atoms with Crippen molar-refractivity contribution in [3.63, 3.8) is 0 Å². The van der Waals surface area contributed by atoms with E-state index < -0.39 is 11.5 Å². The van der Waals surface area contributed by atoms with Gasteiger partial charge in [0.1, 0.15) is 0 Å². The molecule has 0 amide bonds. The van der Waals surface area contributed by atoms with Gasteiger partial charge < -0.3 is 9.47 Å². The van der Waals surface area contributed by atoms with Crippen LogP contribution in [-0.2, 0) is 0 Å². The fourth-order valence-electron chi connectivity index (χ4n) is 1.49. The van der Waals surface area contributed by atoms with Crippen molar-refractivity contribution in [3.05, 3.63) is 39.6 Å². The molecule has 1 rings (SSSR count). The summed E-state index contributed by atoms with van der Waals surface area (Å²) >= 11 is 0. The van der Waals surface area contributed by atoms with Crippen molar-refractivity contribution in [2.45, 2.75) is 20.0 Å². The molecule has 0 fully saturated rings. The van der Waals surface area contributed by atoms with E-state index in [0.29, 0.717) is 0 Å². The highest BCUT2D eigenvalue weighted by Gasteiger charge is 2.16. The summed E-state index contributed by atoms with van der Waals surface area (Å²) in [6.07, 6.45) is 1.36. The smallest absolute Gasteiger partial charge is 0.387 e. The van der Waals surface area contributed by atoms with Gasteiger partial charge in [-0.1, -0.05) is 19.1 Å². The van der Waals surface area contributed by atoms with Gasteiger partial charge in [-0.25, -0.2) is 0 Å². The molecule has 0 heterocycles. The lowest BCUT2D eigenvalue weighted by Crippen LogP contribution is -2.05. The van der Waals surface area contributed by atoms with Crippen LogP contribution in [-0.4, -0.2) is 18.6 Å². The highest BCUT2D eigenvalue weighted by Crippen LogP contribution is 2.34. The number of para-hydroxylation sites is 1. The lowest BCUT2D eigenvalue weighted by atomic mass is 10.1. The predicted octanol–water partition coefficient (Wildman–Crippen LogP) is 3.32. The van der Waals surface area contributed by atoms with Crippen LogP contribution in [0.15, 0.2) is 23.9 Å². The van der Waals surface area contributed by atoms with Crippen LogP contribution in [0.2, 0.25) is 0 Å². The van der Waals surface area contributed by atoms with Crippen LogP contribution in [0.4, 0.5) is 8.78 Å². The van der Waals surface area contributed by atoms with Crippen molar-refractivity contribution in [1.29, 1.82) is 0 Å². The number of allylic oxidation sites excluding steroid dienone is 1. The van der Waals surface area contributed by atoms with E-state index in [1.54, 1.807) is 6.92 Å². The molecule has 0 unspecified atom stereocenters. The largest absolute Gasteiger partial charge is 0.493 e. The molecule has 0 radical (unpaired) electrons. The van der Waals surface area contributed by atoms with Gasteiger partial charge in [-0.2, -0.15) is 8.78 Å². The molecule has 0 aromatic heterocycles. The summed E-state index contributed by atoms with van der Waals surface area (Å²) in [6, 6.07) is 4.42. The van der Waals surface area contributed by atoms with Gasteiger partial charge in [-0.05, 0) is 6.07 Å². The molecule has 0 aliphatic heterocycles. The first kappa shape index (κ1) is 14.9. The first-order chi connectivity index (χ1) is 8.99. The Balaban J connectivity index is 3.29. The van der Waals surface area contributed by atoms with Crippen molar-refractivity contribution in [1.82, 2.24) is 0 Å². The van der Waals surface area contributed by atoms with Crippen LogP contribution in [0.5, 0.6) is 11.5 Å². The summed E-state index contributed by atoms with van der Waals surface area (Å²) in [5, 5.41) is 10.7. The second kappa shape index (κ2) is 6.67. The number of halogens is 2. The van der Waals surface area contributed by atoms with Crippen molar-refractivity contribution < 1.29 is 23.2 Å². The molecular formula is C12H13F2NO4. The Morgan fingerprint density at radius 1 is 1.53 bits per heavy atom. The van der Waals surface area contributed by atoms with Gasteiger partial charge in [0.2, 0.25) is 5.70 Å². The molecule has 0 saturated heterocycles. The fraction of sp³-hybridized carbons (Fsp3) is 0.333. The minimum absolute atomic E-state index is 0.0906. The molecule has 1 aromatic carbocycles. The lowest BCUT2D eigenvalue weighted by Gasteiger charge is -2.12. The lowest BCUT2D eigenvalue weighted by molar-refractivity contribution is -0.425. The van der Waals surface area contributed by atoms with Gasteiger partial charge in [0.15, 0.2) is 11.5 Å². The maximum absolute atomic E-state index is 12.4. The number of alkyl halides is 2. The second-order valence-corrected chi connectivity index (χ2v) is 3.50. The van der Waals surface area contributed by atoms with E-state index in [2.05, 4.69) is 4.74 Å². The van der Waals surface area contributed by atoms with E-state index in [1.165, 1.54) is 31.4 Å². The van der Waals surface area contributed by atoms with E-state index in [-0.39, 0.29) is 29.2 Å². The van der Waals surface area contributed by atoms with Gasteiger partial charge in [0, 0.05) is 18.1 Å². The summed E-state index contributed by atoms with van der Waals surface area (Å²) in [4.78, 5) is 10.2. The van der Waals surface area contributed by atoms with Crippen LogP contribution in [0.3, 0.4) is 0 Å². The van der Waals surface area contributed by atoms with E-state index in [1.807, 2.05) is 0 Å². The number of methoxy groups -OCH3 is 1. The van der Waals surface area contributed by atoms with Crippen LogP contribution in [0.25, 0.3) is 6.08 Å². The standard InChI is InChI=1S/C12H13F2NO4/c1-3-9(15(16)17)7-8-5-4-6-10(18-2)11(8)19-12(13)14/h4-7,12H,3H2,1-2H3. The average molecular weight is 273 g/mol. The zero-order valence-electron chi connectivity index (χ0n) is 10.4. The summed E-state index contributed by atoms with van der Waals surface area (Å²) in [5.41, 5.74) is 0.0700. The van der Waals surface area contributed by atoms with Gasteiger partial charge in [0.25, 0.3) is 0 Å². The number of nitro groups is 1. The third kappa shape index (κ3) is 3.90. The fourth-order valence-corrected chi connectivity index (χ4v) is 1.49. The Hall–Kier alpha value is -2.18. The molecule has 5 nitrogen and oxygen atoms in total. The quantitative estimate of drug-likeness (QED) is 0.589. The molecule has 104 valence electrons. The van der Waals surface area contributed by atoms with Gasteiger partial charge in [-0.3, -0.25) is 10.1 Å². The first-order valence-electron chi connectivity index (χ1n) is 5.46. The third-order valence-electron chi connectivity index (χ3n) is 2.36. The van der Waals surface area contributed by atoms with Crippen molar-refractivity contribution >= 4 is 6.08 Å². The molecule has 0 spiro atoms. The van der Waals surface area contributed by atoms with Crippen LogP contribution in [0.1, 0.15) is 18.9 Å². The Labute approximate surface area is 108 Å². The van der Waals surface area contributed by atoms with Crippen LogP contribution >= 0.6 is 0 Å². The van der Waals surface area contributed by atoms with E-state index >= 15 is 0 Å². The molecule has 0 aliphatic rings. The maximum Gasteiger partial charge on any atom is 0.387 e. The third-order valence-corrected chi connectivity index (χ3v) is 2.36. The Morgan fingerprint density at radius 3 is 2.68 bits per heavy atom. The van der Waals surface area contributed by atoms with E-state index in [0.717, 1.165) is 0 Å². The molecule has 0 aliphatic carbocycles. The molecule has 7 heteroatoms. The summed E-state index contributed by atoms with van der Waals surface area (Å²) < 4.78 is 34.0. The summed E-state index contributed by atoms with van der Waals surface area (Å²) in [6.45, 7) is -1.44. The number of ether oxygens (including phenoxy) is 2. The number of nitrogens with zero attached hydrogens (tertiary/aromatic N) is 1. The zero-order valence-corrected chi connectivity index (χ0v) is 10.4. The minimum atomic E-state index is -3.04. The predicted molar refractivity (Wildman–Crippen MR) is 64.9 cm³/mol. The Bertz CT molecular complexity index is 489. The van der Waals surface area contributed by atoms with Crippen molar-refractivity contribution in [3.8, 4) is 11.5 Å². The monoisotopic (exact) mass is 273 g/mol. The number of rotatable bonds is 6. The SMILES string of the molecule is CCC(=Cc1cccc(OC)c1OC(F)F)[N+](=O)[O-]. The van der Waals surface area contributed by atoms with Crippen LogP contribution < -0.4 is 9.47 Å². The van der Waals surface area contributed by atoms with E-state index in [4.69, 9.17) is 4.74 Å². The molecule has 1 aromatic rings. The number of hydrogen-bond donors (Lipinski definition) is 0. The van der Waals surface area contributed by atoms with Crippen molar-refractivity contribution in [2.24, 2.45) is 0 Å². The molecule has 0 bridgehead atoms. The minimum Gasteiger partial charge on any atom is -0.493 e. The highest BCUT2D eigenvalue weighted by atomic mass is 19.3. The molecular weight excluding hydrogens is 260 g/mol. The van der Waals surface area contributed by atoms with Crippen LogP contribution in [0, 0.1) is 10.1 Å². The van der Waals surface area contributed by atoms with Gasteiger partial charge in [0.05, 0.1) is 12.0 Å². The Morgan fingerprint density at radius 2 is 2.21 bits per heavy atom. The van der Waals surface area contributed by atoms with Crippen molar-refractivity contribution in [2.75, 3.05) is 7.11 Å². The average Bonchev–Trinajstić information content (AvgIpc) is 2.36. The maximum atomic E-state index is 12.4. The van der Waals surface area contributed by atoms with E-state index in [9.17, 15) is 18.9 Å². The first-order valence-corrected chi connectivity index (χ1v) is 5.46. The molecule has 0 atom stereocenters. The number of hydrogen-bond acceptors (Lipinski definition) is 4. The Kier molecular flexibility index (Phi) is 5.23. The van der Waals surface area contributed by atoms with Gasteiger partial charge >= 0.3 is 6.61 Å². The normalized spacial score (nSPS) is 11.5. The second-order valence-electron chi connectivity index (χ2n) is 3.50. The zero-order chi connectivity index (χ0) is 14.4. The summed E-state index contributed by atoms with van der Waals surface area (Å²) in [7, 11) is 1.30. The topological polar surface area (TPSA) is 61.6 Å². The molecule has 0 saturated carbocycles. The summed E-state index contributed by atoms with van der Waals surface area (Å²) in [5.74, 6) is -0.124. The molecule has 19 heavy (non-hydrogen) atoms. The highest BCUT2D eigenvalue weighted by molar-refractivity contribution is 5.63. The van der Waals surface area contributed by atoms with Gasteiger partial charge in [-0.15, -0.1) is 0 Å². The number of benzene rings is 1.